The second kappa shape index (κ2) is 7.58. The van der Waals surface area contributed by atoms with Crippen LogP contribution in [0.2, 0.25) is 0 Å². The average molecular weight is 389 g/mol. The summed E-state index contributed by atoms with van der Waals surface area (Å²) < 4.78 is 1.23. The number of nitrogens with zero attached hydrogens (tertiary/aromatic N) is 4. The van der Waals surface area contributed by atoms with E-state index in [-0.39, 0.29) is 17.9 Å². The summed E-state index contributed by atoms with van der Waals surface area (Å²) in [6.07, 6.45) is 7.25. The molecule has 1 aromatic carbocycles. The molecule has 148 valence electrons. The van der Waals surface area contributed by atoms with Gasteiger partial charge in [0.05, 0.1) is 12.6 Å². The van der Waals surface area contributed by atoms with Crippen molar-refractivity contribution < 1.29 is 4.79 Å². The first-order valence-electron chi connectivity index (χ1n) is 9.69. The summed E-state index contributed by atoms with van der Waals surface area (Å²) in [6, 6.07) is 6.56. The number of aromatic nitrogens is 4. The molecule has 7 nitrogen and oxygen atoms in total. The maximum Gasteiger partial charge on any atom is 0.277 e. The third kappa shape index (κ3) is 3.81. The minimum atomic E-state index is -0.455. The zero-order chi connectivity index (χ0) is 20.5. The van der Waals surface area contributed by atoms with Crippen molar-refractivity contribution in [1.82, 2.24) is 19.7 Å². The lowest BCUT2D eigenvalue weighted by molar-refractivity contribution is -0.117. The number of hydrogen-bond donors (Lipinski definition) is 1. The van der Waals surface area contributed by atoms with Crippen LogP contribution in [-0.4, -0.2) is 25.7 Å². The van der Waals surface area contributed by atoms with Gasteiger partial charge in [0, 0.05) is 18.0 Å². The van der Waals surface area contributed by atoms with E-state index in [1.807, 2.05) is 0 Å². The number of aryl methyl sites for hydroxylation is 2. The molecule has 1 amide bonds. The molecule has 1 aliphatic rings. The molecular formula is C22H23N5O2. The van der Waals surface area contributed by atoms with Crippen LogP contribution in [0.4, 0.5) is 0 Å². The van der Waals surface area contributed by atoms with E-state index in [1.54, 1.807) is 6.20 Å². The fourth-order valence-corrected chi connectivity index (χ4v) is 4.09. The van der Waals surface area contributed by atoms with E-state index in [0.717, 1.165) is 24.0 Å². The van der Waals surface area contributed by atoms with Crippen LogP contribution >= 0.6 is 0 Å². The number of rotatable bonds is 4. The predicted molar refractivity (Wildman–Crippen MR) is 109 cm³/mol. The third-order valence-corrected chi connectivity index (χ3v) is 5.50. The van der Waals surface area contributed by atoms with Gasteiger partial charge in [0.15, 0.2) is 0 Å². The lowest BCUT2D eigenvalue weighted by atomic mass is 9.79. The molecule has 0 bridgehead atoms. The minimum absolute atomic E-state index is 0.0621. The third-order valence-electron chi connectivity index (χ3n) is 5.50. The zero-order valence-electron chi connectivity index (χ0n) is 16.6. The van der Waals surface area contributed by atoms with Crippen molar-refractivity contribution in [3.05, 3.63) is 80.5 Å². The largest absolute Gasteiger partial charge is 0.369 e. The standard InChI is InChI=1S/C22H23N5O2/c1-13-3-5-18(14(2)7-13)16-4-6-19-17(9-16)12-26-27(21(19)29)22-24-10-15(11-25-22)8-20(23)28/h3,5,7,10-12,16H,4,6,8-9H2,1-2H3,(H2,23,28). The number of fused-ring (bicyclic) bond motifs is 1. The molecule has 2 N–H and O–H groups in total. The highest BCUT2D eigenvalue weighted by Crippen LogP contribution is 2.33. The van der Waals surface area contributed by atoms with Crippen molar-refractivity contribution >= 4 is 5.91 Å². The predicted octanol–water partition coefficient (Wildman–Crippen LogP) is 1.94. The normalized spacial score (nSPS) is 15.7. The monoisotopic (exact) mass is 389 g/mol. The fourth-order valence-electron chi connectivity index (χ4n) is 4.09. The molecule has 1 atom stereocenters. The number of carbonyl (C=O) groups excluding carboxylic acids is 1. The Balaban J connectivity index is 1.61. The summed E-state index contributed by atoms with van der Waals surface area (Å²) in [7, 11) is 0. The van der Waals surface area contributed by atoms with Gasteiger partial charge in [0.2, 0.25) is 5.91 Å². The van der Waals surface area contributed by atoms with Gasteiger partial charge in [0.25, 0.3) is 11.5 Å². The van der Waals surface area contributed by atoms with Crippen LogP contribution in [0.5, 0.6) is 0 Å². The summed E-state index contributed by atoms with van der Waals surface area (Å²) in [5.74, 6) is 0.135. The van der Waals surface area contributed by atoms with Crippen molar-refractivity contribution in [1.29, 1.82) is 0 Å². The Labute approximate surface area is 168 Å². The lowest BCUT2D eigenvalue weighted by Crippen LogP contribution is -2.30. The Kier molecular flexibility index (Phi) is 4.96. The van der Waals surface area contributed by atoms with Crippen molar-refractivity contribution in [2.75, 3.05) is 0 Å². The number of hydrogen-bond acceptors (Lipinski definition) is 5. The Morgan fingerprint density at radius 1 is 1.21 bits per heavy atom. The second-order valence-corrected chi connectivity index (χ2v) is 7.70. The van der Waals surface area contributed by atoms with Gasteiger partial charge in [-0.05, 0) is 61.3 Å². The van der Waals surface area contributed by atoms with Gasteiger partial charge in [-0.15, -0.1) is 0 Å². The first-order chi connectivity index (χ1) is 13.9. The molecule has 1 aliphatic carbocycles. The van der Waals surface area contributed by atoms with Crippen LogP contribution in [0.15, 0.2) is 41.6 Å². The summed E-state index contributed by atoms with van der Waals surface area (Å²) in [6.45, 7) is 4.25. The molecule has 2 heterocycles. The van der Waals surface area contributed by atoms with Gasteiger partial charge < -0.3 is 5.73 Å². The zero-order valence-corrected chi connectivity index (χ0v) is 16.6. The number of nitrogens with two attached hydrogens (primary N) is 1. The topological polar surface area (TPSA) is 104 Å². The van der Waals surface area contributed by atoms with Crippen LogP contribution in [0.25, 0.3) is 5.95 Å². The average Bonchev–Trinajstić information content (AvgIpc) is 2.68. The van der Waals surface area contributed by atoms with Crippen LogP contribution in [0.1, 0.15) is 45.7 Å². The molecule has 0 aliphatic heterocycles. The molecule has 0 radical (unpaired) electrons. The quantitative estimate of drug-likeness (QED) is 0.734. The molecule has 29 heavy (non-hydrogen) atoms. The van der Waals surface area contributed by atoms with Crippen LogP contribution in [0, 0.1) is 13.8 Å². The number of benzene rings is 1. The van der Waals surface area contributed by atoms with Gasteiger partial charge in [-0.25, -0.2) is 9.97 Å². The molecule has 0 saturated carbocycles. The number of carbonyl (C=O) groups is 1. The maximum absolute atomic E-state index is 13.0. The molecule has 0 spiro atoms. The van der Waals surface area contributed by atoms with Crippen LogP contribution < -0.4 is 11.3 Å². The molecule has 2 aromatic heterocycles. The molecule has 1 unspecified atom stereocenters. The van der Waals surface area contributed by atoms with Crippen LogP contribution in [0.3, 0.4) is 0 Å². The highest BCUT2D eigenvalue weighted by Gasteiger charge is 2.25. The molecule has 3 aromatic rings. The Morgan fingerprint density at radius 3 is 2.66 bits per heavy atom. The van der Waals surface area contributed by atoms with Gasteiger partial charge in [0.1, 0.15) is 0 Å². The highest BCUT2D eigenvalue weighted by atomic mass is 16.1. The molecular weight excluding hydrogens is 366 g/mol. The number of primary amides is 1. The number of amides is 1. The van der Waals surface area contributed by atoms with Gasteiger partial charge >= 0.3 is 0 Å². The highest BCUT2D eigenvalue weighted by molar-refractivity contribution is 5.76. The van der Waals surface area contributed by atoms with E-state index in [9.17, 15) is 9.59 Å². The minimum Gasteiger partial charge on any atom is -0.369 e. The molecule has 0 fully saturated rings. The van der Waals surface area contributed by atoms with Crippen molar-refractivity contribution in [2.45, 2.75) is 45.4 Å². The first-order valence-corrected chi connectivity index (χ1v) is 9.69. The SMILES string of the molecule is Cc1ccc(C2CCc3c(cnn(-c4ncc(CC(N)=O)cn4)c3=O)C2)c(C)c1. The van der Waals surface area contributed by atoms with E-state index < -0.39 is 5.91 Å². The fraction of sp³-hybridized carbons (Fsp3) is 0.318. The summed E-state index contributed by atoms with van der Waals surface area (Å²) >= 11 is 0. The van der Waals surface area contributed by atoms with Gasteiger partial charge in [-0.2, -0.15) is 9.78 Å². The summed E-state index contributed by atoms with van der Waals surface area (Å²) in [4.78, 5) is 32.3. The van der Waals surface area contributed by atoms with E-state index in [2.05, 4.69) is 47.1 Å². The smallest absolute Gasteiger partial charge is 0.277 e. The van der Waals surface area contributed by atoms with Gasteiger partial charge in [-0.1, -0.05) is 23.8 Å². The molecule has 7 heteroatoms. The lowest BCUT2D eigenvalue weighted by Gasteiger charge is -2.26. The van der Waals surface area contributed by atoms with E-state index in [1.165, 1.54) is 33.8 Å². The Morgan fingerprint density at radius 2 is 1.97 bits per heavy atom. The van der Waals surface area contributed by atoms with E-state index >= 15 is 0 Å². The van der Waals surface area contributed by atoms with E-state index in [4.69, 9.17) is 5.73 Å². The summed E-state index contributed by atoms with van der Waals surface area (Å²) in [5, 5.41) is 4.30. The summed E-state index contributed by atoms with van der Waals surface area (Å²) in [5.41, 5.74) is 11.3. The van der Waals surface area contributed by atoms with Gasteiger partial charge in [-0.3, -0.25) is 9.59 Å². The van der Waals surface area contributed by atoms with E-state index in [0.29, 0.717) is 17.9 Å². The Hall–Kier alpha value is -3.35. The van der Waals surface area contributed by atoms with Crippen molar-refractivity contribution in [3.8, 4) is 5.95 Å². The van der Waals surface area contributed by atoms with Crippen LogP contribution in [-0.2, 0) is 24.1 Å². The first kappa shape index (κ1) is 19.0. The Bertz CT molecular complexity index is 1130. The molecule has 0 saturated heterocycles. The van der Waals surface area contributed by atoms with Crippen molar-refractivity contribution in [3.63, 3.8) is 0 Å². The van der Waals surface area contributed by atoms with Crippen molar-refractivity contribution in [2.24, 2.45) is 5.73 Å². The maximum atomic E-state index is 13.0. The second-order valence-electron chi connectivity index (χ2n) is 7.70. The molecule has 4 rings (SSSR count).